The first kappa shape index (κ1) is 10.6. The highest BCUT2D eigenvalue weighted by Gasteiger charge is 2.23. The summed E-state index contributed by atoms with van der Waals surface area (Å²) < 4.78 is 0. The highest BCUT2D eigenvalue weighted by Crippen LogP contribution is 2.16. The van der Waals surface area contributed by atoms with E-state index in [0.29, 0.717) is 0 Å². The van der Waals surface area contributed by atoms with Crippen molar-refractivity contribution in [2.45, 2.75) is 31.8 Å². The summed E-state index contributed by atoms with van der Waals surface area (Å²) >= 11 is 1.66. The molecule has 2 atom stereocenters. The van der Waals surface area contributed by atoms with Crippen LogP contribution in [0.15, 0.2) is 16.8 Å². The van der Waals surface area contributed by atoms with Gasteiger partial charge in [0.05, 0.1) is 12.1 Å². The summed E-state index contributed by atoms with van der Waals surface area (Å²) in [6, 6.07) is 2.19. The number of rotatable bonds is 3. The van der Waals surface area contributed by atoms with Gasteiger partial charge >= 0.3 is 0 Å². The van der Waals surface area contributed by atoms with Crippen LogP contribution in [0.1, 0.15) is 31.4 Å². The largest absolute Gasteiger partial charge is 0.348 e. The Morgan fingerprint density at radius 3 is 3.20 bits per heavy atom. The molecule has 0 saturated carbocycles. The van der Waals surface area contributed by atoms with E-state index in [1.165, 1.54) is 5.56 Å². The molecule has 0 aliphatic carbocycles. The Hall–Kier alpha value is -0.870. The second-order valence-electron chi connectivity index (χ2n) is 3.94. The third kappa shape index (κ3) is 2.58. The first-order valence-electron chi connectivity index (χ1n) is 5.33. The van der Waals surface area contributed by atoms with Gasteiger partial charge in [0, 0.05) is 0 Å². The quantitative estimate of drug-likeness (QED) is 0.820. The maximum atomic E-state index is 11.8. The van der Waals surface area contributed by atoms with Crippen molar-refractivity contribution in [2.24, 2.45) is 0 Å². The molecule has 1 aliphatic heterocycles. The maximum Gasteiger partial charge on any atom is 0.237 e. The van der Waals surface area contributed by atoms with Crippen molar-refractivity contribution in [2.75, 3.05) is 6.54 Å². The Labute approximate surface area is 93.9 Å². The molecule has 1 aliphatic rings. The number of carbonyl (C=O) groups is 1. The van der Waals surface area contributed by atoms with Gasteiger partial charge in [-0.15, -0.1) is 0 Å². The van der Waals surface area contributed by atoms with Crippen LogP contribution in [0.25, 0.3) is 0 Å². The Balaban J connectivity index is 1.88. The minimum Gasteiger partial charge on any atom is -0.348 e. The molecule has 82 valence electrons. The minimum absolute atomic E-state index is 0.0195. The molecular formula is C11H16N2OS. The van der Waals surface area contributed by atoms with Crippen LogP contribution in [-0.2, 0) is 4.79 Å². The van der Waals surface area contributed by atoms with E-state index < -0.39 is 0 Å². The molecule has 1 aromatic heterocycles. The van der Waals surface area contributed by atoms with E-state index in [4.69, 9.17) is 0 Å². The lowest BCUT2D eigenvalue weighted by molar-refractivity contribution is -0.123. The molecule has 1 unspecified atom stereocenters. The van der Waals surface area contributed by atoms with Crippen molar-refractivity contribution < 1.29 is 4.79 Å². The lowest BCUT2D eigenvalue weighted by Crippen LogP contribution is -2.41. The molecule has 15 heavy (non-hydrogen) atoms. The van der Waals surface area contributed by atoms with Crippen molar-refractivity contribution in [3.05, 3.63) is 22.4 Å². The van der Waals surface area contributed by atoms with E-state index in [0.717, 1.165) is 19.4 Å². The number of amides is 1. The molecule has 0 bridgehead atoms. The predicted octanol–water partition coefficient (Wildman–Crippen LogP) is 1.68. The highest BCUT2D eigenvalue weighted by molar-refractivity contribution is 7.07. The van der Waals surface area contributed by atoms with Gasteiger partial charge in [0.15, 0.2) is 0 Å². The lowest BCUT2D eigenvalue weighted by atomic mass is 10.1. The van der Waals surface area contributed by atoms with E-state index >= 15 is 0 Å². The molecular weight excluding hydrogens is 208 g/mol. The smallest absolute Gasteiger partial charge is 0.237 e. The summed E-state index contributed by atoms with van der Waals surface area (Å²) in [5, 5.41) is 10.3. The zero-order chi connectivity index (χ0) is 10.7. The topological polar surface area (TPSA) is 41.1 Å². The maximum absolute atomic E-state index is 11.8. The summed E-state index contributed by atoms with van der Waals surface area (Å²) in [6.45, 7) is 2.99. The Morgan fingerprint density at radius 1 is 1.73 bits per heavy atom. The molecule has 4 heteroatoms. The van der Waals surface area contributed by atoms with E-state index in [9.17, 15) is 4.79 Å². The third-order valence-corrected chi connectivity index (χ3v) is 3.48. The van der Waals surface area contributed by atoms with Crippen LogP contribution in [0.2, 0.25) is 0 Å². The van der Waals surface area contributed by atoms with Gasteiger partial charge in [-0.05, 0) is 48.7 Å². The molecule has 2 N–H and O–H groups in total. The molecule has 2 rings (SSSR count). The summed E-state index contributed by atoms with van der Waals surface area (Å²) in [6.07, 6.45) is 2.06. The lowest BCUT2D eigenvalue weighted by Gasteiger charge is -2.16. The van der Waals surface area contributed by atoms with Gasteiger partial charge in [-0.3, -0.25) is 4.79 Å². The van der Waals surface area contributed by atoms with Crippen LogP contribution in [0.5, 0.6) is 0 Å². The molecule has 3 nitrogen and oxygen atoms in total. The summed E-state index contributed by atoms with van der Waals surface area (Å²) in [5.74, 6) is 0.131. The van der Waals surface area contributed by atoms with Gasteiger partial charge in [0.2, 0.25) is 5.91 Å². The van der Waals surface area contributed by atoms with Gasteiger partial charge < -0.3 is 10.6 Å². The summed E-state index contributed by atoms with van der Waals surface area (Å²) in [7, 11) is 0. The number of hydrogen-bond acceptors (Lipinski definition) is 3. The van der Waals surface area contributed by atoms with Gasteiger partial charge in [0.1, 0.15) is 0 Å². The predicted molar refractivity (Wildman–Crippen MR) is 61.9 cm³/mol. The molecule has 0 aromatic carbocycles. The molecule has 0 spiro atoms. The van der Waals surface area contributed by atoms with Gasteiger partial charge in [-0.2, -0.15) is 11.3 Å². The van der Waals surface area contributed by atoms with Gasteiger partial charge in [-0.25, -0.2) is 0 Å². The summed E-state index contributed by atoms with van der Waals surface area (Å²) in [5.41, 5.74) is 1.19. The fourth-order valence-corrected chi connectivity index (χ4v) is 2.58. The highest BCUT2D eigenvalue weighted by atomic mass is 32.1. The van der Waals surface area contributed by atoms with E-state index in [1.54, 1.807) is 11.3 Å². The number of hydrogen-bond donors (Lipinski definition) is 2. The first-order chi connectivity index (χ1) is 7.27. The zero-order valence-corrected chi connectivity index (χ0v) is 9.64. The normalized spacial score (nSPS) is 22.6. The molecule has 1 amide bonds. The average Bonchev–Trinajstić information content (AvgIpc) is 2.91. The van der Waals surface area contributed by atoms with Crippen LogP contribution in [-0.4, -0.2) is 18.5 Å². The van der Waals surface area contributed by atoms with Gasteiger partial charge in [0.25, 0.3) is 0 Å². The van der Waals surface area contributed by atoms with Gasteiger partial charge in [-0.1, -0.05) is 0 Å². The fourth-order valence-electron chi connectivity index (χ4n) is 1.83. The standard InChI is InChI=1S/C11H16N2OS/c1-8(9-4-6-15-7-9)13-11(14)10-3-2-5-12-10/h4,6-8,10,12H,2-3,5H2,1H3,(H,13,14)/t8?,10-/m1/s1. The molecule has 1 saturated heterocycles. The van der Waals surface area contributed by atoms with Crippen LogP contribution < -0.4 is 10.6 Å². The SMILES string of the molecule is CC(NC(=O)[C@H]1CCCN1)c1ccsc1. The second-order valence-corrected chi connectivity index (χ2v) is 4.72. The van der Waals surface area contributed by atoms with E-state index in [1.807, 2.05) is 12.3 Å². The van der Waals surface area contributed by atoms with Crippen molar-refractivity contribution in [1.29, 1.82) is 0 Å². The summed E-state index contributed by atoms with van der Waals surface area (Å²) in [4.78, 5) is 11.8. The second kappa shape index (κ2) is 4.77. The number of nitrogens with one attached hydrogen (secondary N) is 2. The van der Waals surface area contributed by atoms with Crippen LogP contribution in [0.3, 0.4) is 0 Å². The Morgan fingerprint density at radius 2 is 2.60 bits per heavy atom. The fraction of sp³-hybridized carbons (Fsp3) is 0.545. The molecule has 0 radical (unpaired) electrons. The zero-order valence-electron chi connectivity index (χ0n) is 8.82. The van der Waals surface area contributed by atoms with Crippen molar-refractivity contribution in [3.63, 3.8) is 0 Å². The minimum atomic E-state index is 0.0195. The first-order valence-corrected chi connectivity index (χ1v) is 6.27. The molecule has 1 aromatic rings. The molecule has 1 fully saturated rings. The van der Waals surface area contributed by atoms with Crippen LogP contribution >= 0.6 is 11.3 Å². The Kier molecular flexibility index (Phi) is 3.38. The average molecular weight is 224 g/mol. The number of thiophene rings is 1. The van der Waals surface area contributed by atoms with Crippen LogP contribution in [0, 0.1) is 0 Å². The van der Waals surface area contributed by atoms with E-state index in [-0.39, 0.29) is 18.0 Å². The number of carbonyl (C=O) groups excluding carboxylic acids is 1. The third-order valence-electron chi connectivity index (χ3n) is 2.78. The van der Waals surface area contributed by atoms with Crippen molar-refractivity contribution in [3.8, 4) is 0 Å². The molecule has 2 heterocycles. The van der Waals surface area contributed by atoms with Crippen molar-refractivity contribution in [1.82, 2.24) is 10.6 Å². The Bertz CT molecular complexity index is 317. The van der Waals surface area contributed by atoms with Crippen molar-refractivity contribution >= 4 is 17.2 Å². The van der Waals surface area contributed by atoms with E-state index in [2.05, 4.69) is 22.1 Å². The monoisotopic (exact) mass is 224 g/mol. The van der Waals surface area contributed by atoms with Crippen LogP contribution in [0.4, 0.5) is 0 Å².